The van der Waals surface area contributed by atoms with E-state index in [2.05, 4.69) is 18.0 Å². The van der Waals surface area contributed by atoms with Crippen molar-refractivity contribution >= 4 is 28.5 Å². The fourth-order valence-electron chi connectivity index (χ4n) is 2.22. The maximum Gasteiger partial charge on any atom is 0.138 e. The van der Waals surface area contributed by atoms with Crippen LogP contribution in [-0.2, 0) is 0 Å². The monoisotopic (exact) mass is 361 g/mol. The van der Waals surface area contributed by atoms with Crippen LogP contribution in [0, 0.1) is 11.3 Å². The number of halogens is 1. The molecule has 24 heavy (non-hydrogen) atoms. The number of rotatable bonds is 7. The van der Waals surface area contributed by atoms with Crippen LogP contribution in [-0.4, -0.2) is 35.1 Å². The van der Waals surface area contributed by atoms with E-state index in [0.29, 0.717) is 16.6 Å². The topological polar surface area (TPSA) is 60.1 Å². The van der Waals surface area contributed by atoms with Gasteiger partial charge in [-0.3, -0.25) is 4.90 Å². The average molecular weight is 362 g/mol. The second-order valence-corrected chi connectivity index (χ2v) is 6.86. The minimum absolute atomic E-state index is 0.0631. The molecule has 0 atom stereocenters. The van der Waals surface area contributed by atoms with Crippen molar-refractivity contribution in [2.24, 2.45) is 0 Å². The molecule has 0 aliphatic rings. The Morgan fingerprint density at radius 1 is 1.38 bits per heavy atom. The number of nitriles is 1. The molecule has 0 saturated carbocycles. The first kappa shape index (κ1) is 18.5. The fraction of sp³-hybridized carbons (Fsp3) is 0.333. The Hall–Kier alpha value is -1.87. The van der Waals surface area contributed by atoms with Gasteiger partial charge < -0.3 is 5.11 Å². The van der Waals surface area contributed by atoms with E-state index in [0.717, 1.165) is 30.6 Å². The molecule has 0 amide bonds. The molecule has 0 bridgehead atoms. The van der Waals surface area contributed by atoms with E-state index in [4.69, 9.17) is 11.6 Å². The van der Waals surface area contributed by atoms with Gasteiger partial charge in [0, 0.05) is 16.0 Å². The number of aromatic nitrogens is 1. The van der Waals surface area contributed by atoms with Gasteiger partial charge in [-0.1, -0.05) is 37.1 Å². The maximum atomic E-state index is 10.3. The molecule has 0 radical (unpaired) electrons. The highest BCUT2D eigenvalue weighted by Crippen LogP contribution is 2.28. The molecule has 0 aliphatic carbocycles. The normalized spacial score (nSPS) is 12.1. The van der Waals surface area contributed by atoms with E-state index < -0.39 is 0 Å². The molecular formula is C18H20ClN3OS. The van der Waals surface area contributed by atoms with E-state index >= 15 is 0 Å². The van der Waals surface area contributed by atoms with Gasteiger partial charge in [0.05, 0.1) is 12.2 Å². The van der Waals surface area contributed by atoms with Crippen molar-refractivity contribution in [2.45, 2.75) is 19.8 Å². The Morgan fingerprint density at radius 2 is 2.08 bits per heavy atom. The second kappa shape index (κ2) is 8.84. The first-order valence-electron chi connectivity index (χ1n) is 7.77. The van der Waals surface area contributed by atoms with Gasteiger partial charge in [-0.2, -0.15) is 5.26 Å². The summed E-state index contributed by atoms with van der Waals surface area (Å²) in [7, 11) is 1.93. The summed E-state index contributed by atoms with van der Waals surface area (Å²) in [5.74, 6) is 0.0631. The number of allylic oxidation sites excluding steroid dienone is 1. The number of likely N-dealkylation sites (N-methyl/N-ethyl adjacent to an activating group) is 1. The summed E-state index contributed by atoms with van der Waals surface area (Å²) >= 11 is 7.25. The van der Waals surface area contributed by atoms with Gasteiger partial charge in [0.2, 0.25) is 0 Å². The lowest BCUT2D eigenvalue weighted by atomic mass is 10.2. The van der Waals surface area contributed by atoms with Gasteiger partial charge in [0.1, 0.15) is 22.4 Å². The van der Waals surface area contributed by atoms with Crippen molar-refractivity contribution in [1.29, 1.82) is 5.26 Å². The molecule has 1 aromatic carbocycles. The molecule has 0 spiro atoms. The van der Waals surface area contributed by atoms with Crippen molar-refractivity contribution in [3.05, 3.63) is 45.4 Å². The SMILES string of the molecule is CCCCN(C)CC(O)=C(C#N)c1nc(-c2ccc(Cl)cc2)cs1. The molecule has 2 aromatic rings. The van der Waals surface area contributed by atoms with Crippen LogP contribution in [0.1, 0.15) is 24.8 Å². The number of aliphatic hydroxyl groups excluding tert-OH is 1. The molecular weight excluding hydrogens is 342 g/mol. The predicted octanol–water partition coefficient (Wildman–Crippen LogP) is 4.99. The van der Waals surface area contributed by atoms with Crippen LogP contribution < -0.4 is 0 Å². The zero-order valence-corrected chi connectivity index (χ0v) is 15.4. The van der Waals surface area contributed by atoms with Crippen molar-refractivity contribution in [3.63, 3.8) is 0 Å². The smallest absolute Gasteiger partial charge is 0.138 e. The van der Waals surface area contributed by atoms with Gasteiger partial charge in [0.15, 0.2) is 0 Å². The van der Waals surface area contributed by atoms with E-state index in [1.807, 2.05) is 29.5 Å². The number of benzene rings is 1. The molecule has 4 nitrogen and oxygen atoms in total. The Balaban J connectivity index is 2.20. The van der Waals surface area contributed by atoms with Crippen LogP contribution >= 0.6 is 22.9 Å². The third kappa shape index (κ3) is 4.81. The summed E-state index contributed by atoms with van der Waals surface area (Å²) in [4.78, 5) is 6.49. The van der Waals surface area contributed by atoms with Gasteiger partial charge >= 0.3 is 0 Å². The van der Waals surface area contributed by atoms with E-state index in [1.54, 1.807) is 12.1 Å². The van der Waals surface area contributed by atoms with Crippen molar-refractivity contribution in [1.82, 2.24) is 9.88 Å². The lowest BCUT2D eigenvalue weighted by Crippen LogP contribution is -2.22. The van der Waals surface area contributed by atoms with Crippen molar-refractivity contribution < 1.29 is 5.11 Å². The first-order valence-corrected chi connectivity index (χ1v) is 9.03. The largest absolute Gasteiger partial charge is 0.509 e. The minimum Gasteiger partial charge on any atom is -0.509 e. The van der Waals surface area contributed by atoms with Gasteiger partial charge in [0.25, 0.3) is 0 Å². The van der Waals surface area contributed by atoms with Crippen LogP contribution in [0.25, 0.3) is 16.8 Å². The predicted molar refractivity (Wildman–Crippen MR) is 100 cm³/mol. The Bertz CT molecular complexity index is 746. The molecule has 126 valence electrons. The highest BCUT2D eigenvalue weighted by molar-refractivity contribution is 7.11. The van der Waals surface area contributed by atoms with Crippen LogP contribution in [0.4, 0.5) is 0 Å². The molecule has 2 rings (SSSR count). The number of thiazole rings is 1. The zero-order valence-electron chi connectivity index (χ0n) is 13.8. The highest BCUT2D eigenvalue weighted by atomic mass is 35.5. The van der Waals surface area contributed by atoms with E-state index in [1.165, 1.54) is 11.3 Å². The third-order valence-electron chi connectivity index (χ3n) is 3.57. The zero-order chi connectivity index (χ0) is 17.5. The molecule has 0 aliphatic heterocycles. The van der Waals surface area contributed by atoms with Gasteiger partial charge in [-0.05, 0) is 32.1 Å². The van der Waals surface area contributed by atoms with Crippen LogP contribution in [0.2, 0.25) is 5.02 Å². The molecule has 0 unspecified atom stereocenters. The van der Waals surface area contributed by atoms with Crippen molar-refractivity contribution in [2.75, 3.05) is 20.1 Å². The summed E-state index contributed by atoms with van der Waals surface area (Å²) in [6.45, 7) is 3.35. The van der Waals surface area contributed by atoms with Gasteiger partial charge in [-0.25, -0.2) is 4.98 Å². The molecule has 1 N–H and O–H groups in total. The lowest BCUT2D eigenvalue weighted by Gasteiger charge is -2.15. The van der Waals surface area contributed by atoms with Crippen LogP contribution in [0.5, 0.6) is 0 Å². The number of nitrogens with zero attached hydrogens (tertiary/aromatic N) is 3. The number of hydrogen-bond acceptors (Lipinski definition) is 5. The van der Waals surface area contributed by atoms with Crippen molar-refractivity contribution in [3.8, 4) is 17.3 Å². The van der Waals surface area contributed by atoms with Gasteiger partial charge in [-0.15, -0.1) is 11.3 Å². The average Bonchev–Trinajstić information content (AvgIpc) is 3.04. The Morgan fingerprint density at radius 3 is 2.71 bits per heavy atom. The maximum absolute atomic E-state index is 10.3. The summed E-state index contributed by atoms with van der Waals surface area (Å²) in [6.07, 6.45) is 2.15. The Kier molecular flexibility index (Phi) is 6.80. The molecule has 0 saturated heterocycles. The summed E-state index contributed by atoms with van der Waals surface area (Å²) in [6, 6.07) is 9.46. The van der Waals surface area contributed by atoms with Crippen LogP contribution in [0.3, 0.4) is 0 Å². The summed E-state index contributed by atoms with van der Waals surface area (Å²) in [5.41, 5.74) is 1.94. The molecule has 0 fully saturated rings. The van der Waals surface area contributed by atoms with Crippen LogP contribution in [0.15, 0.2) is 35.4 Å². The number of aliphatic hydroxyl groups is 1. The molecule has 6 heteroatoms. The Labute approximate surface area is 151 Å². The van der Waals surface area contributed by atoms with E-state index in [9.17, 15) is 10.4 Å². The lowest BCUT2D eigenvalue weighted by molar-refractivity contribution is 0.288. The molecule has 1 aromatic heterocycles. The summed E-state index contributed by atoms with van der Waals surface area (Å²) < 4.78 is 0. The molecule has 1 heterocycles. The highest BCUT2D eigenvalue weighted by Gasteiger charge is 2.15. The standard InChI is InChI=1S/C18H20ClN3OS/c1-3-4-9-22(2)11-17(23)15(10-20)18-21-16(12-24-18)13-5-7-14(19)8-6-13/h5-8,12,23H,3-4,9,11H2,1-2H3. The minimum atomic E-state index is 0.0631. The number of unbranched alkanes of at least 4 members (excludes halogenated alkanes) is 1. The number of hydrogen-bond donors (Lipinski definition) is 1. The quantitative estimate of drug-likeness (QED) is 0.557. The first-order chi connectivity index (χ1) is 11.5. The second-order valence-electron chi connectivity index (χ2n) is 5.57. The third-order valence-corrected chi connectivity index (χ3v) is 4.68. The fourth-order valence-corrected chi connectivity index (χ4v) is 3.19. The van der Waals surface area contributed by atoms with E-state index in [-0.39, 0.29) is 11.3 Å². The summed E-state index contributed by atoms with van der Waals surface area (Å²) in [5, 5.41) is 22.8.